The molecule has 0 bridgehead atoms. The molecule has 22 heavy (non-hydrogen) atoms. The van der Waals surface area contributed by atoms with E-state index in [0.29, 0.717) is 26.2 Å². The van der Waals surface area contributed by atoms with Crippen LogP contribution in [-0.4, -0.2) is 16.0 Å². The summed E-state index contributed by atoms with van der Waals surface area (Å²) in [7, 11) is 0. The van der Waals surface area contributed by atoms with Crippen LogP contribution in [0.3, 0.4) is 0 Å². The van der Waals surface area contributed by atoms with Crippen LogP contribution in [-0.2, 0) is 4.79 Å². The first-order chi connectivity index (χ1) is 10.4. The van der Waals surface area contributed by atoms with Gasteiger partial charge in [0.05, 0.1) is 4.47 Å². The monoisotopic (exact) mass is 424 g/mol. The Kier molecular flexibility index (Phi) is 3.92. The van der Waals surface area contributed by atoms with Crippen LogP contribution in [0.5, 0.6) is 11.5 Å². The van der Waals surface area contributed by atoms with Crippen molar-refractivity contribution in [3.8, 4) is 11.5 Å². The second kappa shape index (κ2) is 5.73. The van der Waals surface area contributed by atoms with E-state index in [4.69, 9.17) is 4.74 Å². The predicted octanol–water partition coefficient (Wildman–Crippen LogP) is 3.99. The third kappa shape index (κ3) is 2.86. The fourth-order valence-corrected chi connectivity index (χ4v) is 2.91. The molecule has 1 aromatic carbocycles. The van der Waals surface area contributed by atoms with Gasteiger partial charge in [-0.25, -0.2) is 4.98 Å². The third-order valence-electron chi connectivity index (χ3n) is 3.07. The second-order valence-electron chi connectivity index (χ2n) is 4.71. The minimum atomic E-state index is -0.375. The van der Waals surface area contributed by atoms with Crippen molar-refractivity contribution in [2.45, 2.75) is 6.92 Å². The van der Waals surface area contributed by atoms with Gasteiger partial charge in [-0.05, 0) is 80.3 Å². The first kappa shape index (κ1) is 15.1. The number of nitrogens with one attached hydrogen (secondary N) is 1. The number of aromatic hydroxyl groups is 1. The predicted molar refractivity (Wildman–Crippen MR) is 89.7 cm³/mol. The van der Waals surface area contributed by atoms with E-state index in [1.165, 1.54) is 0 Å². The lowest BCUT2D eigenvalue weighted by atomic mass is 10.1. The Labute approximate surface area is 143 Å². The highest BCUT2D eigenvalue weighted by atomic mass is 79.9. The molecule has 1 aliphatic rings. The Morgan fingerprint density at radius 2 is 2.09 bits per heavy atom. The van der Waals surface area contributed by atoms with Crippen LogP contribution in [0.1, 0.15) is 11.1 Å². The molecule has 0 unspecified atom stereocenters. The fraction of sp³-hybridized carbons (Fsp3) is 0.0667. The molecule has 0 fully saturated rings. The van der Waals surface area contributed by atoms with Crippen LogP contribution in [0.25, 0.3) is 6.08 Å². The van der Waals surface area contributed by atoms with E-state index in [2.05, 4.69) is 42.2 Å². The Morgan fingerprint density at radius 1 is 1.32 bits per heavy atom. The Hall–Kier alpha value is -1.86. The van der Waals surface area contributed by atoms with Crippen molar-refractivity contribution in [1.29, 1.82) is 0 Å². The third-order valence-corrected chi connectivity index (χ3v) is 4.12. The number of nitrogens with zero attached hydrogens (tertiary/aromatic N) is 1. The zero-order chi connectivity index (χ0) is 15.9. The van der Waals surface area contributed by atoms with E-state index < -0.39 is 0 Å². The topological polar surface area (TPSA) is 71.5 Å². The molecular formula is C15H10Br2N2O3. The maximum atomic E-state index is 12.1. The first-order valence-electron chi connectivity index (χ1n) is 6.30. The van der Waals surface area contributed by atoms with Gasteiger partial charge < -0.3 is 15.2 Å². The normalized spacial score (nSPS) is 15.2. The molecule has 0 spiro atoms. The number of anilines is 1. The maximum absolute atomic E-state index is 12.1. The van der Waals surface area contributed by atoms with Crippen LogP contribution < -0.4 is 10.1 Å². The summed E-state index contributed by atoms with van der Waals surface area (Å²) in [5.74, 6) is 0.812. The van der Waals surface area contributed by atoms with Crippen molar-refractivity contribution >= 4 is 49.7 Å². The van der Waals surface area contributed by atoms with Crippen molar-refractivity contribution in [2.75, 3.05) is 5.32 Å². The molecule has 0 saturated carbocycles. The largest absolute Gasteiger partial charge is 0.506 e. The number of fused-ring (bicyclic) bond motifs is 1. The number of amides is 1. The van der Waals surface area contributed by atoms with Crippen molar-refractivity contribution < 1.29 is 14.6 Å². The van der Waals surface area contributed by atoms with Gasteiger partial charge in [0.25, 0.3) is 5.91 Å². The van der Waals surface area contributed by atoms with Crippen molar-refractivity contribution in [1.82, 2.24) is 4.98 Å². The number of hydrogen-bond donors (Lipinski definition) is 2. The molecule has 1 aliphatic heterocycles. The van der Waals surface area contributed by atoms with E-state index >= 15 is 0 Å². The SMILES string of the molecule is Cc1cc(/C=C2\Oc3ccc(Br)nc3NC2=O)cc(Br)c1O. The van der Waals surface area contributed by atoms with Crippen LogP contribution in [0.15, 0.2) is 39.1 Å². The number of pyridine rings is 1. The summed E-state index contributed by atoms with van der Waals surface area (Å²) < 4.78 is 6.77. The number of aromatic nitrogens is 1. The van der Waals surface area contributed by atoms with Gasteiger partial charge in [0, 0.05) is 0 Å². The van der Waals surface area contributed by atoms with E-state index in [9.17, 15) is 9.90 Å². The van der Waals surface area contributed by atoms with Crippen LogP contribution in [0.4, 0.5) is 5.82 Å². The quantitative estimate of drug-likeness (QED) is 0.535. The summed E-state index contributed by atoms with van der Waals surface area (Å²) in [6, 6.07) is 6.92. The Balaban J connectivity index is 1.99. The maximum Gasteiger partial charge on any atom is 0.292 e. The zero-order valence-electron chi connectivity index (χ0n) is 11.4. The minimum absolute atomic E-state index is 0.161. The molecule has 1 aromatic heterocycles. The number of aryl methyl sites for hydroxylation is 1. The summed E-state index contributed by atoms with van der Waals surface area (Å²) in [6.45, 7) is 1.78. The van der Waals surface area contributed by atoms with Crippen molar-refractivity contribution in [3.05, 3.63) is 50.2 Å². The van der Waals surface area contributed by atoms with E-state index in [0.717, 1.165) is 5.56 Å². The van der Waals surface area contributed by atoms with Crippen molar-refractivity contribution in [2.24, 2.45) is 0 Å². The second-order valence-corrected chi connectivity index (χ2v) is 6.38. The zero-order valence-corrected chi connectivity index (χ0v) is 14.5. The lowest BCUT2D eigenvalue weighted by Crippen LogP contribution is -2.24. The molecule has 0 atom stereocenters. The average molecular weight is 426 g/mol. The first-order valence-corrected chi connectivity index (χ1v) is 7.89. The highest BCUT2D eigenvalue weighted by Crippen LogP contribution is 2.33. The number of halogens is 2. The summed E-state index contributed by atoms with van der Waals surface area (Å²) in [5, 5.41) is 12.4. The number of phenolic OH excluding ortho intramolecular Hbond substituents is 1. The number of rotatable bonds is 1. The number of carbonyl (C=O) groups is 1. The molecule has 2 heterocycles. The highest BCUT2D eigenvalue weighted by Gasteiger charge is 2.23. The molecule has 0 aliphatic carbocycles. The van der Waals surface area contributed by atoms with Crippen LogP contribution in [0.2, 0.25) is 0 Å². The summed E-state index contributed by atoms with van der Waals surface area (Å²) in [5.41, 5.74) is 1.43. The van der Waals surface area contributed by atoms with Gasteiger partial charge in [0.2, 0.25) is 0 Å². The van der Waals surface area contributed by atoms with E-state index in [1.807, 2.05) is 0 Å². The highest BCUT2D eigenvalue weighted by molar-refractivity contribution is 9.10. The van der Waals surface area contributed by atoms with Gasteiger partial charge in [0.15, 0.2) is 17.3 Å². The smallest absolute Gasteiger partial charge is 0.292 e. The Morgan fingerprint density at radius 3 is 2.82 bits per heavy atom. The lowest BCUT2D eigenvalue weighted by molar-refractivity contribution is -0.115. The molecule has 2 N–H and O–H groups in total. The molecule has 3 rings (SSSR count). The molecule has 2 aromatic rings. The number of benzene rings is 1. The van der Waals surface area contributed by atoms with Crippen LogP contribution in [0, 0.1) is 6.92 Å². The van der Waals surface area contributed by atoms with Gasteiger partial charge in [-0.3, -0.25) is 4.79 Å². The van der Waals surface area contributed by atoms with Gasteiger partial charge in [0.1, 0.15) is 10.4 Å². The standard InChI is InChI=1S/C15H10Br2N2O3/c1-7-4-8(5-9(16)13(7)20)6-11-15(21)19-14-10(22-11)2-3-12(17)18-14/h2-6,20H,1H3,(H,18,19,21)/b11-6-. The molecule has 112 valence electrons. The molecular weight excluding hydrogens is 416 g/mol. The number of carbonyl (C=O) groups excluding carboxylic acids is 1. The fourth-order valence-electron chi connectivity index (χ4n) is 2.02. The lowest BCUT2D eigenvalue weighted by Gasteiger charge is -2.19. The van der Waals surface area contributed by atoms with E-state index in [1.54, 1.807) is 37.3 Å². The number of phenols is 1. The van der Waals surface area contributed by atoms with Crippen molar-refractivity contribution in [3.63, 3.8) is 0 Å². The molecule has 0 radical (unpaired) electrons. The summed E-state index contributed by atoms with van der Waals surface area (Å²) in [4.78, 5) is 16.2. The van der Waals surface area contributed by atoms with Crippen LogP contribution >= 0.6 is 31.9 Å². The Bertz CT molecular complexity index is 795. The van der Waals surface area contributed by atoms with E-state index in [-0.39, 0.29) is 17.4 Å². The molecule has 5 nitrogen and oxygen atoms in total. The molecule has 0 saturated heterocycles. The number of hydrogen-bond acceptors (Lipinski definition) is 4. The summed E-state index contributed by atoms with van der Waals surface area (Å²) in [6.07, 6.45) is 1.61. The van der Waals surface area contributed by atoms with Gasteiger partial charge in [-0.15, -0.1) is 0 Å². The van der Waals surface area contributed by atoms with Gasteiger partial charge >= 0.3 is 0 Å². The number of ether oxygens (including phenoxy) is 1. The molecule has 1 amide bonds. The summed E-state index contributed by atoms with van der Waals surface area (Å²) >= 11 is 6.52. The molecule has 7 heteroatoms. The van der Waals surface area contributed by atoms with Gasteiger partial charge in [-0.2, -0.15) is 0 Å². The average Bonchev–Trinajstić information content (AvgIpc) is 2.45. The van der Waals surface area contributed by atoms with Gasteiger partial charge in [-0.1, -0.05) is 0 Å². The minimum Gasteiger partial charge on any atom is -0.506 e.